The van der Waals surface area contributed by atoms with E-state index in [1.807, 2.05) is 18.7 Å². The molecule has 1 fully saturated rings. The Bertz CT molecular complexity index is 991. The fourth-order valence-electron chi connectivity index (χ4n) is 3.86. The van der Waals surface area contributed by atoms with Gasteiger partial charge in [0, 0.05) is 30.6 Å². The van der Waals surface area contributed by atoms with Crippen molar-refractivity contribution in [2.24, 2.45) is 5.92 Å². The molecule has 2 aromatic rings. The molecule has 32 heavy (non-hydrogen) atoms. The minimum Gasteiger partial charge on any atom is -0.468 e. The maximum atomic E-state index is 12.6. The Morgan fingerprint density at radius 1 is 1.09 bits per heavy atom. The summed E-state index contributed by atoms with van der Waals surface area (Å²) in [6.07, 6.45) is 4.58. The molecule has 1 aromatic heterocycles. The average molecular weight is 462 g/mol. The van der Waals surface area contributed by atoms with E-state index < -0.39 is 10.0 Å². The van der Waals surface area contributed by atoms with E-state index in [2.05, 4.69) is 10.0 Å². The van der Waals surface area contributed by atoms with E-state index >= 15 is 0 Å². The Kier molecular flexibility index (Phi) is 8.09. The molecule has 9 heteroatoms. The molecular weight excluding hydrogens is 430 g/mol. The monoisotopic (exact) mass is 461 g/mol. The first-order valence-electron chi connectivity index (χ1n) is 11.1. The Hall–Kier alpha value is -2.65. The number of nitrogens with zero attached hydrogens (tertiary/aromatic N) is 1. The van der Waals surface area contributed by atoms with E-state index in [4.69, 9.17) is 4.42 Å². The standard InChI is InChI=1S/C23H31N3O5S/c1-3-17(4-2)23(28)26-13-11-19(12-14-26)25-22(27)18-7-9-21(10-8-18)32(29,30)24-16-20-6-5-15-31-20/h5-10,15,17,19,24H,3-4,11-14,16H2,1-2H3,(H,25,27). The number of hydrogen-bond acceptors (Lipinski definition) is 5. The van der Waals surface area contributed by atoms with Crippen molar-refractivity contribution in [1.82, 2.24) is 14.9 Å². The molecule has 2 amide bonds. The largest absolute Gasteiger partial charge is 0.468 e. The van der Waals surface area contributed by atoms with Crippen LogP contribution in [0.25, 0.3) is 0 Å². The van der Waals surface area contributed by atoms with Crippen LogP contribution in [0, 0.1) is 5.92 Å². The lowest BCUT2D eigenvalue weighted by Crippen LogP contribution is -2.48. The molecule has 0 radical (unpaired) electrons. The van der Waals surface area contributed by atoms with E-state index in [9.17, 15) is 18.0 Å². The van der Waals surface area contributed by atoms with Gasteiger partial charge in [-0.25, -0.2) is 13.1 Å². The van der Waals surface area contributed by atoms with Crippen molar-refractivity contribution in [3.63, 3.8) is 0 Å². The van der Waals surface area contributed by atoms with E-state index in [1.165, 1.54) is 30.5 Å². The number of sulfonamides is 1. The highest BCUT2D eigenvalue weighted by Gasteiger charge is 2.27. The topological polar surface area (TPSA) is 109 Å². The number of nitrogens with one attached hydrogen (secondary N) is 2. The highest BCUT2D eigenvalue weighted by atomic mass is 32.2. The van der Waals surface area contributed by atoms with E-state index in [-0.39, 0.29) is 35.2 Å². The van der Waals surface area contributed by atoms with Crippen LogP contribution >= 0.6 is 0 Å². The summed E-state index contributed by atoms with van der Waals surface area (Å²) in [6.45, 7) is 5.39. The molecule has 0 spiro atoms. The van der Waals surface area contributed by atoms with Gasteiger partial charge in [-0.2, -0.15) is 0 Å². The number of likely N-dealkylation sites (tertiary alicyclic amines) is 1. The number of rotatable bonds is 9. The van der Waals surface area contributed by atoms with E-state index in [0.717, 1.165) is 12.8 Å². The minimum absolute atomic E-state index is 0.00775. The SMILES string of the molecule is CCC(CC)C(=O)N1CCC(NC(=O)c2ccc(S(=O)(=O)NCc3ccco3)cc2)CC1. The molecule has 1 saturated heterocycles. The van der Waals surface area contributed by atoms with Crippen LogP contribution in [-0.2, 0) is 21.4 Å². The lowest BCUT2D eigenvalue weighted by atomic mass is 9.98. The van der Waals surface area contributed by atoms with Gasteiger partial charge in [0.25, 0.3) is 5.91 Å². The van der Waals surface area contributed by atoms with Crippen molar-refractivity contribution in [1.29, 1.82) is 0 Å². The summed E-state index contributed by atoms with van der Waals surface area (Å²) in [5.41, 5.74) is 0.394. The van der Waals surface area contributed by atoms with Crippen LogP contribution in [0.3, 0.4) is 0 Å². The lowest BCUT2D eigenvalue weighted by molar-refractivity contribution is -0.136. The molecule has 0 atom stereocenters. The van der Waals surface area contributed by atoms with Crippen molar-refractivity contribution < 1.29 is 22.4 Å². The van der Waals surface area contributed by atoms with Crippen LogP contribution < -0.4 is 10.0 Å². The van der Waals surface area contributed by atoms with Gasteiger partial charge in [-0.3, -0.25) is 9.59 Å². The predicted octanol–water partition coefficient (Wildman–Crippen LogP) is 2.92. The van der Waals surface area contributed by atoms with E-state index in [0.29, 0.717) is 37.3 Å². The third-order valence-corrected chi connectivity index (χ3v) is 7.34. The number of benzene rings is 1. The Morgan fingerprint density at radius 3 is 2.31 bits per heavy atom. The number of carbonyl (C=O) groups excluding carboxylic acids is 2. The van der Waals surface area contributed by atoms with Gasteiger partial charge in [0.2, 0.25) is 15.9 Å². The van der Waals surface area contributed by atoms with Crippen LogP contribution in [0.5, 0.6) is 0 Å². The summed E-state index contributed by atoms with van der Waals surface area (Å²) in [7, 11) is -3.71. The zero-order valence-electron chi connectivity index (χ0n) is 18.5. The molecule has 0 aliphatic carbocycles. The summed E-state index contributed by atoms with van der Waals surface area (Å²) in [5.74, 6) is 0.543. The molecule has 0 unspecified atom stereocenters. The van der Waals surface area contributed by atoms with Gasteiger partial charge < -0.3 is 14.6 Å². The van der Waals surface area contributed by atoms with Crippen molar-refractivity contribution >= 4 is 21.8 Å². The third-order valence-electron chi connectivity index (χ3n) is 5.92. The maximum Gasteiger partial charge on any atom is 0.251 e. The zero-order valence-corrected chi connectivity index (χ0v) is 19.4. The highest BCUT2D eigenvalue weighted by molar-refractivity contribution is 7.89. The molecule has 1 aromatic carbocycles. The van der Waals surface area contributed by atoms with Crippen LogP contribution in [0.4, 0.5) is 0 Å². The molecule has 174 valence electrons. The van der Waals surface area contributed by atoms with Crippen molar-refractivity contribution in [2.75, 3.05) is 13.1 Å². The summed E-state index contributed by atoms with van der Waals surface area (Å²) < 4.78 is 32.4. The molecule has 1 aliphatic rings. The van der Waals surface area contributed by atoms with E-state index in [1.54, 1.807) is 12.1 Å². The second kappa shape index (κ2) is 10.8. The van der Waals surface area contributed by atoms with Crippen LogP contribution in [0.2, 0.25) is 0 Å². The lowest BCUT2D eigenvalue weighted by Gasteiger charge is -2.34. The molecule has 2 N–H and O–H groups in total. The zero-order chi connectivity index (χ0) is 23.1. The van der Waals surface area contributed by atoms with Crippen molar-refractivity contribution in [2.45, 2.75) is 57.0 Å². The van der Waals surface area contributed by atoms with Gasteiger partial charge in [0.15, 0.2) is 0 Å². The first kappa shape index (κ1) is 24.0. The number of carbonyl (C=O) groups is 2. The Labute approximate surface area is 189 Å². The van der Waals surface area contributed by atoms with Gasteiger partial charge in [-0.05, 0) is 62.1 Å². The third kappa shape index (κ3) is 5.98. The first-order chi connectivity index (χ1) is 15.3. The maximum absolute atomic E-state index is 12.6. The van der Waals surface area contributed by atoms with Crippen LogP contribution in [-0.4, -0.2) is 44.3 Å². The van der Waals surface area contributed by atoms with Gasteiger partial charge in [-0.15, -0.1) is 0 Å². The number of piperidine rings is 1. The molecular formula is C23H31N3O5S. The van der Waals surface area contributed by atoms with Crippen molar-refractivity contribution in [3.05, 3.63) is 54.0 Å². The second-order valence-corrected chi connectivity index (χ2v) is 9.78. The Balaban J connectivity index is 1.51. The summed E-state index contributed by atoms with van der Waals surface area (Å²) in [5, 5.41) is 3.00. The normalized spacial score (nSPS) is 15.2. The first-order valence-corrected chi connectivity index (χ1v) is 12.5. The fourth-order valence-corrected chi connectivity index (χ4v) is 4.85. The predicted molar refractivity (Wildman–Crippen MR) is 120 cm³/mol. The molecule has 2 heterocycles. The molecule has 0 bridgehead atoms. The van der Waals surface area contributed by atoms with Gasteiger partial charge in [0.05, 0.1) is 17.7 Å². The molecule has 3 rings (SSSR count). The molecule has 0 saturated carbocycles. The highest BCUT2D eigenvalue weighted by Crippen LogP contribution is 2.18. The second-order valence-electron chi connectivity index (χ2n) is 8.01. The average Bonchev–Trinajstić information content (AvgIpc) is 3.33. The quantitative estimate of drug-likeness (QED) is 0.597. The summed E-state index contributed by atoms with van der Waals surface area (Å²) in [6, 6.07) is 9.19. The fraction of sp³-hybridized carbons (Fsp3) is 0.478. The summed E-state index contributed by atoms with van der Waals surface area (Å²) in [4.78, 5) is 27.1. The van der Waals surface area contributed by atoms with Gasteiger partial charge in [0.1, 0.15) is 5.76 Å². The van der Waals surface area contributed by atoms with Crippen LogP contribution in [0.1, 0.15) is 55.6 Å². The molecule has 1 aliphatic heterocycles. The molecule has 8 nitrogen and oxygen atoms in total. The van der Waals surface area contributed by atoms with Crippen LogP contribution in [0.15, 0.2) is 52.0 Å². The Morgan fingerprint density at radius 2 is 1.75 bits per heavy atom. The minimum atomic E-state index is -3.71. The smallest absolute Gasteiger partial charge is 0.251 e. The van der Waals surface area contributed by atoms with Crippen molar-refractivity contribution in [3.8, 4) is 0 Å². The number of amides is 2. The number of hydrogen-bond donors (Lipinski definition) is 2. The van der Waals surface area contributed by atoms with Gasteiger partial charge in [-0.1, -0.05) is 13.8 Å². The number of furan rings is 1. The van der Waals surface area contributed by atoms with Gasteiger partial charge >= 0.3 is 0 Å². The summed E-state index contributed by atoms with van der Waals surface area (Å²) >= 11 is 0.